The minimum atomic E-state index is -0.532. The van der Waals surface area contributed by atoms with Gasteiger partial charge in [-0.1, -0.05) is 80.9 Å². The molecule has 0 aliphatic rings. The maximum atomic E-state index is 11.9. The number of aromatic nitrogens is 1. The van der Waals surface area contributed by atoms with Gasteiger partial charge in [0.15, 0.2) is 0 Å². The van der Waals surface area contributed by atoms with Crippen LogP contribution in [0, 0.1) is 11.8 Å². The zero-order chi connectivity index (χ0) is 27.9. The molecule has 0 aliphatic carbocycles. The van der Waals surface area contributed by atoms with Crippen LogP contribution in [-0.4, -0.2) is 29.9 Å². The van der Waals surface area contributed by atoms with Gasteiger partial charge in [-0.3, -0.25) is 0 Å². The van der Waals surface area contributed by atoms with Crippen molar-refractivity contribution in [2.24, 2.45) is 11.8 Å². The lowest BCUT2D eigenvalue weighted by molar-refractivity contribution is -0.135. The predicted molar refractivity (Wildman–Crippen MR) is 151 cm³/mol. The monoisotopic (exact) mass is 548 g/mol. The van der Waals surface area contributed by atoms with Crippen molar-refractivity contribution in [3.63, 3.8) is 0 Å². The van der Waals surface area contributed by atoms with Gasteiger partial charge in [0.25, 0.3) is 0 Å². The summed E-state index contributed by atoms with van der Waals surface area (Å²) >= 11 is 12.9. The first-order valence-corrected chi connectivity index (χ1v) is 13.0. The average molecular weight is 550 g/mol. The van der Waals surface area contributed by atoms with E-state index in [0.29, 0.717) is 26.9 Å². The highest BCUT2D eigenvalue weighted by Gasteiger charge is 2.34. The normalized spacial score (nSPS) is 16.0. The standard InChI is InChI=1S/C29H38Cl2N2O4/c1-10-21(28(34)35-9)15-32-29(8,11-2)19(6)18(5)20(7)36-16-22-26(33-37-27(22)17(3)4)25-23(30)13-12-14-24(25)31/h10-15,17-20,32H,1-2,16H2,3-9H3/b21-15+/t18?,19-,20?,29+/m0/s1. The fourth-order valence-electron chi connectivity index (χ4n) is 4.08. The number of nitrogens with one attached hydrogen (secondary N) is 1. The first kappa shape index (κ1) is 30.7. The average Bonchev–Trinajstić information content (AvgIpc) is 3.29. The quantitative estimate of drug-likeness (QED) is 0.119. The lowest BCUT2D eigenvalue weighted by Crippen LogP contribution is -2.48. The molecule has 0 saturated heterocycles. The second-order valence-electron chi connectivity index (χ2n) is 9.72. The lowest BCUT2D eigenvalue weighted by Gasteiger charge is -2.39. The fourth-order valence-corrected chi connectivity index (χ4v) is 4.66. The van der Waals surface area contributed by atoms with Crippen LogP contribution >= 0.6 is 23.2 Å². The lowest BCUT2D eigenvalue weighted by atomic mass is 9.76. The minimum Gasteiger partial charge on any atom is -0.465 e. The van der Waals surface area contributed by atoms with Crippen LogP contribution in [0.5, 0.6) is 0 Å². The van der Waals surface area contributed by atoms with E-state index in [0.717, 1.165) is 11.3 Å². The van der Waals surface area contributed by atoms with Gasteiger partial charge in [0.05, 0.1) is 41.0 Å². The molecule has 202 valence electrons. The molecule has 0 fully saturated rings. The van der Waals surface area contributed by atoms with Crippen molar-refractivity contribution in [2.45, 2.75) is 65.7 Å². The number of methoxy groups -OCH3 is 1. The zero-order valence-corrected chi connectivity index (χ0v) is 24.2. The van der Waals surface area contributed by atoms with Crippen molar-refractivity contribution >= 4 is 29.2 Å². The van der Waals surface area contributed by atoms with Crippen molar-refractivity contribution in [1.29, 1.82) is 0 Å². The van der Waals surface area contributed by atoms with Crippen LogP contribution in [0.4, 0.5) is 0 Å². The molecular weight excluding hydrogens is 511 g/mol. The van der Waals surface area contributed by atoms with Crippen molar-refractivity contribution in [3.05, 3.63) is 76.7 Å². The Morgan fingerprint density at radius 1 is 1.19 bits per heavy atom. The second-order valence-corrected chi connectivity index (χ2v) is 10.5. The Balaban J connectivity index is 2.26. The van der Waals surface area contributed by atoms with Crippen LogP contribution < -0.4 is 5.32 Å². The molecular formula is C29H38Cl2N2O4. The number of carbonyl (C=O) groups is 1. The van der Waals surface area contributed by atoms with Crippen molar-refractivity contribution in [3.8, 4) is 11.3 Å². The third-order valence-electron chi connectivity index (χ3n) is 7.11. The molecule has 2 rings (SSSR count). The highest BCUT2D eigenvalue weighted by atomic mass is 35.5. The van der Waals surface area contributed by atoms with Crippen molar-refractivity contribution in [1.82, 2.24) is 10.5 Å². The Morgan fingerprint density at radius 2 is 1.81 bits per heavy atom. The molecule has 1 heterocycles. The van der Waals surface area contributed by atoms with Crippen molar-refractivity contribution < 1.29 is 18.8 Å². The molecule has 2 aromatic rings. The van der Waals surface area contributed by atoms with Gasteiger partial charge in [-0.15, -0.1) is 6.58 Å². The molecule has 0 aliphatic heterocycles. The van der Waals surface area contributed by atoms with Crippen LogP contribution in [0.3, 0.4) is 0 Å². The molecule has 8 heteroatoms. The van der Waals surface area contributed by atoms with Gasteiger partial charge >= 0.3 is 5.97 Å². The number of esters is 1. The Labute approximate surface area is 230 Å². The van der Waals surface area contributed by atoms with E-state index in [1.807, 2.05) is 33.8 Å². The maximum Gasteiger partial charge on any atom is 0.339 e. The first-order valence-electron chi connectivity index (χ1n) is 12.3. The summed E-state index contributed by atoms with van der Waals surface area (Å²) in [6, 6.07) is 5.35. The first-order chi connectivity index (χ1) is 17.4. The van der Waals surface area contributed by atoms with E-state index in [1.165, 1.54) is 13.2 Å². The maximum absolute atomic E-state index is 11.9. The minimum absolute atomic E-state index is 0.0736. The number of halogens is 2. The number of hydrogen-bond acceptors (Lipinski definition) is 6. The van der Waals surface area contributed by atoms with Gasteiger partial charge < -0.3 is 19.3 Å². The number of hydrogen-bond donors (Lipinski definition) is 1. The Hall–Kier alpha value is -2.54. The molecule has 6 nitrogen and oxygen atoms in total. The van der Waals surface area contributed by atoms with Gasteiger partial charge in [-0.25, -0.2) is 4.79 Å². The van der Waals surface area contributed by atoms with Gasteiger partial charge in [0, 0.05) is 23.2 Å². The summed E-state index contributed by atoms with van der Waals surface area (Å²) in [6.45, 7) is 20.4. The summed E-state index contributed by atoms with van der Waals surface area (Å²) in [5.74, 6) is 0.548. The molecule has 0 amide bonds. The van der Waals surface area contributed by atoms with E-state index >= 15 is 0 Å². The van der Waals surface area contributed by atoms with E-state index in [2.05, 4.69) is 37.5 Å². The molecule has 37 heavy (non-hydrogen) atoms. The Bertz CT molecular complexity index is 1120. The zero-order valence-electron chi connectivity index (χ0n) is 22.7. The molecule has 1 aromatic carbocycles. The van der Waals surface area contributed by atoms with Crippen LogP contribution in [0.25, 0.3) is 11.3 Å². The van der Waals surface area contributed by atoms with E-state index in [1.54, 1.807) is 24.4 Å². The Kier molecular flexibility index (Phi) is 11.0. The summed E-state index contributed by atoms with van der Waals surface area (Å²) in [4.78, 5) is 11.9. The molecule has 0 spiro atoms. The van der Waals surface area contributed by atoms with Crippen LogP contribution in [0.1, 0.15) is 58.8 Å². The number of nitrogens with zero attached hydrogens (tertiary/aromatic N) is 1. The van der Waals surface area contributed by atoms with E-state index in [-0.39, 0.29) is 30.5 Å². The van der Waals surface area contributed by atoms with Crippen LogP contribution in [0.2, 0.25) is 10.0 Å². The number of ether oxygens (including phenoxy) is 2. The number of carbonyl (C=O) groups excluding carboxylic acids is 1. The fraction of sp³-hybridized carbons (Fsp3) is 0.448. The predicted octanol–water partition coefficient (Wildman–Crippen LogP) is 7.73. The highest BCUT2D eigenvalue weighted by molar-refractivity contribution is 6.39. The van der Waals surface area contributed by atoms with Gasteiger partial charge in [0.1, 0.15) is 11.5 Å². The summed E-state index contributed by atoms with van der Waals surface area (Å²) in [6.07, 6.45) is 4.77. The molecule has 0 bridgehead atoms. The summed E-state index contributed by atoms with van der Waals surface area (Å²) in [7, 11) is 1.33. The van der Waals surface area contributed by atoms with Gasteiger partial charge in [-0.05, 0) is 37.8 Å². The molecule has 1 aromatic heterocycles. The number of benzene rings is 1. The molecule has 2 unspecified atom stereocenters. The molecule has 0 saturated carbocycles. The molecule has 1 N–H and O–H groups in total. The van der Waals surface area contributed by atoms with Gasteiger partial charge in [-0.2, -0.15) is 0 Å². The van der Waals surface area contributed by atoms with E-state index < -0.39 is 11.5 Å². The summed E-state index contributed by atoms with van der Waals surface area (Å²) in [5.41, 5.74) is 1.86. The molecule has 0 radical (unpaired) electrons. The van der Waals surface area contributed by atoms with E-state index in [4.69, 9.17) is 37.2 Å². The number of rotatable bonds is 13. The summed E-state index contributed by atoms with van der Waals surface area (Å²) < 4.78 is 16.9. The topological polar surface area (TPSA) is 73.6 Å². The third-order valence-corrected chi connectivity index (χ3v) is 7.74. The smallest absolute Gasteiger partial charge is 0.339 e. The van der Waals surface area contributed by atoms with Gasteiger partial charge in [0.2, 0.25) is 0 Å². The van der Waals surface area contributed by atoms with Crippen LogP contribution in [0.15, 0.2) is 59.8 Å². The summed E-state index contributed by atoms with van der Waals surface area (Å²) in [5, 5.41) is 8.63. The SMILES string of the molecule is C=C/C(=C\N[C@](C)(C=C)[C@@H](C)C(C)C(C)OCc1c(-c2c(Cl)cccc2Cl)noc1C(C)C)C(=O)OC. The Morgan fingerprint density at radius 3 is 2.32 bits per heavy atom. The van der Waals surface area contributed by atoms with E-state index in [9.17, 15) is 4.79 Å². The van der Waals surface area contributed by atoms with Crippen LogP contribution in [-0.2, 0) is 20.9 Å². The van der Waals surface area contributed by atoms with Crippen molar-refractivity contribution in [2.75, 3.05) is 7.11 Å². The second kappa shape index (κ2) is 13.3. The largest absolute Gasteiger partial charge is 0.465 e. The highest BCUT2D eigenvalue weighted by Crippen LogP contribution is 2.39. The third kappa shape index (κ3) is 7.07. The molecule has 4 atom stereocenters.